The molecular weight excluding hydrogens is 146 g/mol. The zero-order valence-corrected chi connectivity index (χ0v) is 7.29. The molecule has 0 N–H and O–H groups in total. The van der Waals surface area contributed by atoms with Gasteiger partial charge in [-0.05, 0) is 13.8 Å². The molecule has 0 aliphatic rings. The first-order chi connectivity index (χ1) is 5.22. The van der Waals surface area contributed by atoms with E-state index in [-0.39, 0.29) is 12.8 Å². The smallest absolute Gasteiger partial charge is 0.411 e. The van der Waals surface area contributed by atoms with Crippen LogP contribution in [0.5, 0.6) is 0 Å². The van der Waals surface area contributed by atoms with E-state index in [0.29, 0.717) is 13.2 Å². The van der Waals surface area contributed by atoms with Gasteiger partial charge in [-0.15, -0.1) is 0 Å². The maximum atomic E-state index is 10.9. The van der Waals surface area contributed by atoms with Crippen molar-refractivity contribution in [2.24, 2.45) is 0 Å². The van der Waals surface area contributed by atoms with Crippen molar-refractivity contribution in [1.82, 2.24) is 4.90 Å². The molecule has 0 aromatic carbocycles. The Kier molecular flexibility index (Phi) is 5.56. The maximum absolute atomic E-state index is 10.9. The van der Waals surface area contributed by atoms with Crippen molar-refractivity contribution in [3.05, 3.63) is 0 Å². The van der Waals surface area contributed by atoms with Crippen molar-refractivity contribution >= 4 is 6.09 Å². The molecule has 0 rings (SSSR count). The number of hydrogen-bond acceptors (Lipinski definition) is 3. The van der Waals surface area contributed by atoms with Crippen LogP contribution in [0.1, 0.15) is 13.8 Å². The van der Waals surface area contributed by atoms with Gasteiger partial charge in [0.25, 0.3) is 0 Å². The number of carbonyl (C=O) groups excluding carboxylic acids is 1. The van der Waals surface area contributed by atoms with Gasteiger partial charge in [0.1, 0.15) is 6.73 Å². The molecule has 0 heterocycles. The van der Waals surface area contributed by atoms with Crippen molar-refractivity contribution in [2.75, 3.05) is 27.0 Å². The molecule has 0 saturated heterocycles. The Morgan fingerprint density at radius 3 is 2.45 bits per heavy atom. The minimum absolute atomic E-state index is 0.287. The van der Waals surface area contributed by atoms with E-state index in [1.165, 1.54) is 4.90 Å². The number of amides is 1. The molecular formula is C7H15NO3. The summed E-state index contributed by atoms with van der Waals surface area (Å²) < 4.78 is 9.70. The number of nitrogens with zero attached hydrogens (tertiary/aromatic N) is 1. The van der Waals surface area contributed by atoms with Gasteiger partial charge in [0.15, 0.2) is 0 Å². The number of ether oxygens (including phenoxy) is 2. The van der Waals surface area contributed by atoms with Crippen LogP contribution in [0.4, 0.5) is 4.79 Å². The summed E-state index contributed by atoms with van der Waals surface area (Å²) in [6.07, 6.45) is -0.346. The predicted octanol–water partition coefficient (Wildman–Crippen LogP) is 1.07. The van der Waals surface area contributed by atoms with E-state index in [2.05, 4.69) is 0 Å². The van der Waals surface area contributed by atoms with E-state index < -0.39 is 0 Å². The molecule has 66 valence electrons. The first-order valence-electron chi connectivity index (χ1n) is 3.68. The van der Waals surface area contributed by atoms with Crippen molar-refractivity contribution in [3.63, 3.8) is 0 Å². The van der Waals surface area contributed by atoms with Crippen LogP contribution in [-0.2, 0) is 9.47 Å². The first-order valence-corrected chi connectivity index (χ1v) is 3.68. The van der Waals surface area contributed by atoms with E-state index >= 15 is 0 Å². The van der Waals surface area contributed by atoms with Gasteiger partial charge in [0.2, 0.25) is 0 Å². The fourth-order valence-corrected chi connectivity index (χ4v) is 0.515. The average molecular weight is 161 g/mol. The second-order valence-electron chi connectivity index (χ2n) is 2.02. The lowest BCUT2D eigenvalue weighted by atomic mass is 10.8. The Labute approximate surface area is 67.1 Å². The summed E-state index contributed by atoms with van der Waals surface area (Å²) in [4.78, 5) is 12.3. The van der Waals surface area contributed by atoms with E-state index in [4.69, 9.17) is 9.47 Å². The highest BCUT2D eigenvalue weighted by molar-refractivity contribution is 5.66. The largest absolute Gasteiger partial charge is 0.450 e. The summed E-state index contributed by atoms with van der Waals surface area (Å²) in [5.41, 5.74) is 0. The Morgan fingerprint density at radius 1 is 1.36 bits per heavy atom. The van der Waals surface area contributed by atoms with Crippen molar-refractivity contribution < 1.29 is 14.3 Å². The molecule has 1 amide bonds. The summed E-state index contributed by atoms with van der Waals surface area (Å²) in [6, 6.07) is 0. The molecule has 0 atom stereocenters. The molecule has 0 aliphatic carbocycles. The predicted molar refractivity (Wildman–Crippen MR) is 41.3 cm³/mol. The topological polar surface area (TPSA) is 38.8 Å². The lowest BCUT2D eigenvalue weighted by Crippen LogP contribution is -2.29. The van der Waals surface area contributed by atoms with Crippen LogP contribution in [0.15, 0.2) is 0 Å². The molecule has 0 bridgehead atoms. The van der Waals surface area contributed by atoms with Crippen LogP contribution in [0.3, 0.4) is 0 Å². The number of hydrogen-bond donors (Lipinski definition) is 0. The van der Waals surface area contributed by atoms with Gasteiger partial charge in [-0.3, -0.25) is 4.90 Å². The highest BCUT2D eigenvalue weighted by Crippen LogP contribution is 1.89. The van der Waals surface area contributed by atoms with Crippen LogP contribution in [-0.4, -0.2) is 38.0 Å². The molecule has 4 nitrogen and oxygen atoms in total. The third kappa shape index (κ3) is 4.61. The Bertz CT molecular complexity index is 116. The van der Waals surface area contributed by atoms with Gasteiger partial charge in [-0.2, -0.15) is 0 Å². The normalized spacial score (nSPS) is 9.36. The zero-order chi connectivity index (χ0) is 8.69. The molecule has 0 unspecified atom stereocenters. The van der Waals surface area contributed by atoms with Crippen molar-refractivity contribution in [2.45, 2.75) is 13.8 Å². The first kappa shape index (κ1) is 10.2. The summed E-state index contributed by atoms with van der Waals surface area (Å²) >= 11 is 0. The van der Waals surface area contributed by atoms with E-state index in [0.717, 1.165) is 0 Å². The van der Waals surface area contributed by atoms with Crippen LogP contribution < -0.4 is 0 Å². The lowest BCUT2D eigenvalue weighted by molar-refractivity contribution is 0.0378. The Morgan fingerprint density at radius 2 is 2.00 bits per heavy atom. The van der Waals surface area contributed by atoms with Gasteiger partial charge in [0.05, 0.1) is 6.61 Å². The summed E-state index contributed by atoms with van der Waals surface area (Å²) in [5.74, 6) is 0. The molecule has 4 heteroatoms. The second-order valence-corrected chi connectivity index (χ2v) is 2.02. The molecule has 11 heavy (non-hydrogen) atoms. The van der Waals surface area contributed by atoms with E-state index in [1.807, 2.05) is 6.92 Å². The maximum Gasteiger partial charge on any atom is 0.411 e. The van der Waals surface area contributed by atoms with Crippen LogP contribution in [0.2, 0.25) is 0 Å². The molecule has 0 radical (unpaired) electrons. The van der Waals surface area contributed by atoms with Crippen LogP contribution >= 0.6 is 0 Å². The molecule has 0 aromatic heterocycles. The summed E-state index contributed by atoms with van der Waals surface area (Å²) in [7, 11) is 1.63. The highest BCUT2D eigenvalue weighted by atomic mass is 16.6. The van der Waals surface area contributed by atoms with E-state index in [1.54, 1.807) is 14.0 Å². The van der Waals surface area contributed by atoms with Crippen LogP contribution in [0, 0.1) is 0 Å². The third-order valence-electron chi connectivity index (χ3n) is 1.07. The summed E-state index contributed by atoms with van der Waals surface area (Å²) in [6.45, 7) is 4.93. The van der Waals surface area contributed by atoms with Gasteiger partial charge in [0, 0.05) is 13.7 Å². The lowest BCUT2D eigenvalue weighted by Gasteiger charge is -2.15. The fourth-order valence-electron chi connectivity index (χ4n) is 0.515. The monoisotopic (exact) mass is 161 g/mol. The second kappa shape index (κ2) is 5.97. The van der Waals surface area contributed by atoms with Gasteiger partial charge in [-0.25, -0.2) is 4.79 Å². The average Bonchev–Trinajstić information content (AvgIpc) is 2.00. The minimum Gasteiger partial charge on any atom is -0.450 e. The van der Waals surface area contributed by atoms with Crippen LogP contribution in [0.25, 0.3) is 0 Å². The number of rotatable bonds is 4. The number of carbonyl (C=O) groups is 1. The van der Waals surface area contributed by atoms with Crippen molar-refractivity contribution in [1.29, 1.82) is 0 Å². The zero-order valence-electron chi connectivity index (χ0n) is 7.29. The standard InChI is InChI=1S/C7H15NO3/c1-4-10-6-8(3)7(9)11-5-2/h4-6H2,1-3H3. The molecule has 0 aliphatic heterocycles. The molecule has 0 aromatic rings. The van der Waals surface area contributed by atoms with Crippen molar-refractivity contribution in [3.8, 4) is 0 Å². The van der Waals surface area contributed by atoms with E-state index in [9.17, 15) is 4.79 Å². The van der Waals surface area contributed by atoms with Gasteiger partial charge >= 0.3 is 6.09 Å². The molecule has 0 fully saturated rings. The molecule has 0 spiro atoms. The quantitative estimate of drug-likeness (QED) is 0.579. The Balaban J connectivity index is 3.46. The molecule has 0 saturated carbocycles. The summed E-state index contributed by atoms with van der Waals surface area (Å²) in [5, 5.41) is 0. The Hall–Kier alpha value is -0.770. The highest BCUT2D eigenvalue weighted by Gasteiger charge is 2.06. The minimum atomic E-state index is -0.346. The third-order valence-corrected chi connectivity index (χ3v) is 1.07. The SMILES string of the molecule is CCOCN(C)C(=O)OCC. The van der Waals surface area contributed by atoms with Gasteiger partial charge in [-0.1, -0.05) is 0 Å². The fraction of sp³-hybridized carbons (Fsp3) is 0.857. The van der Waals surface area contributed by atoms with Gasteiger partial charge < -0.3 is 9.47 Å².